The number of carbonyl (C=O) groups is 1. The van der Waals surface area contributed by atoms with Gasteiger partial charge in [0.1, 0.15) is 18.1 Å². The highest BCUT2D eigenvalue weighted by molar-refractivity contribution is 6.34. The number of aryl methyl sites for hydroxylation is 1. The van der Waals surface area contributed by atoms with Crippen LogP contribution in [0.15, 0.2) is 48.5 Å². The molecule has 9 heteroatoms. The van der Waals surface area contributed by atoms with Crippen LogP contribution >= 0.6 is 24.0 Å². The Kier molecular flexibility index (Phi) is 6.10. The zero-order valence-corrected chi connectivity index (χ0v) is 19.5. The Balaban J connectivity index is 0.00000259. The molecule has 3 aromatic carbocycles. The molecule has 0 fully saturated rings. The number of hydrogen-bond donors (Lipinski definition) is 2. The average molecular weight is 486 g/mol. The number of anilines is 1. The third-order valence-corrected chi connectivity index (χ3v) is 5.88. The van der Waals surface area contributed by atoms with Gasteiger partial charge in [-0.25, -0.2) is 4.79 Å². The summed E-state index contributed by atoms with van der Waals surface area (Å²) in [5.74, 6) is 0.204. The van der Waals surface area contributed by atoms with Gasteiger partial charge in [0.2, 0.25) is 0 Å². The number of likely N-dealkylation sites (N-methyl/N-ethyl adjacent to an activating group) is 1. The monoisotopic (exact) mass is 485 g/mol. The van der Waals surface area contributed by atoms with Crippen molar-refractivity contribution in [1.29, 1.82) is 0 Å². The molecule has 0 bridgehead atoms. The smallest absolute Gasteiger partial charge is 0.336 e. The lowest BCUT2D eigenvalue weighted by atomic mass is 10.0. The number of H-pyrrole nitrogens is 1. The second-order valence-corrected chi connectivity index (χ2v) is 8.13. The molecule has 170 valence electrons. The first-order valence-electron chi connectivity index (χ1n) is 10.1. The van der Waals surface area contributed by atoms with Crippen molar-refractivity contribution in [2.45, 2.75) is 6.92 Å². The van der Waals surface area contributed by atoms with Crippen LogP contribution < -0.4 is 14.4 Å². The summed E-state index contributed by atoms with van der Waals surface area (Å²) in [7, 11) is 2.04. The van der Waals surface area contributed by atoms with Gasteiger partial charge >= 0.3 is 5.97 Å². The fourth-order valence-electron chi connectivity index (χ4n) is 3.81. The second kappa shape index (κ2) is 8.84. The zero-order valence-electron chi connectivity index (χ0n) is 17.9. The predicted molar refractivity (Wildman–Crippen MR) is 131 cm³/mol. The molecule has 0 aliphatic carbocycles. The summed E-state index contributed by atoms with van der Waals surface area (Å²) in [6.45, 7) is 3.23. The third kappa shape index (κ3) is 4.29. The van der Waals surface area contributed by atoms with Gasteiger partial charge in [0.25, 0.3) is 6.01 Å². The fourth-order valence-corrected chi connectivity index (χ4v) is 4.08. The average Bonchev–Trinajstić information content (AvgIpc) is 3.15. The van der Waals surface area contributed by atoms with E-state index in [9.17, 15) is 9.90 Å². The molecule has 0 amide bonds. The van der Waals surface area contributed by atoms with Crippen LogP contribution in [0.2, 0.25) is 5.02 Å². The van der Waals surface area contributed by atoms with Crippen LogP contribution in [0, 0.1) is 6.92 Å². The van der Waals surface area contributed by atoms with Crippen LogP contribution in [-0.2, 0) is 0 Å². The number of nitrogens with one attached hydrogen (secondary N) is 1. The molecule has 7 nitrogen and oxygen atoms in total. The number of ether oxygens (including phenoxy) is 2. The number of carboxylic acids is 1. The number of halogens is 2. The van der Waals surface area contributed by atoms with Crippen molar-refractivity contribution < 1.29 is 19.4 Å². The molecule has 0 saturated carbocycles. The fraction of sp³-hybridized carbons (Fsp3) is 0.167. The molecule has 1 aromatic heterocycles. The molecule has 0 atom stereocenters. The molecule has 1 aliphatic rings. The van der Waals surface area contributed by atoms with Gasteiger partial charge in [-0.05, 0) is 54.4 Å². The quantitative estimate of drug-likeness (QED) is 0.372. The maximum atomic E-state index is 11.4. The standard InChI is InChI=1S/C24H20ClN3O4.ClH/c1-13-3-5-15(10-16(13)23(29)30)32-24-26-19-11-17(18(25)12-20(19)27-24)14-4-6-21-22(9-14)31-8-7-28(21)2;/h3-6,9-12H,7-8H2,1-2H3,(H,26,27)(H,29,30);1H. The molecule has 5 rings (SSSR count). The number of benzene rings is 3. The number of aromatic amines is 1. The molecule has 0 spiro atoms. The maximum absolute atomic E-state index is 11.4. The van der Waals surface area contributed by atoms with Gasteiger partial charge in [-0.2, -0.15) is 4.98 Å². The first-order chi connectivity index (χ1) is 15.4. The topological polar surface area (TPSA) is 87.7 Å². The van der Waals surface area contributed by atoms with Crippen molar-refractivity contribution >= 4 is 46.7 Å². The number of fused-ring (bicyclic) bond motifs is 2. The van der Waals surface area contributed by atoms with E-state index in [1.54, 1.807) is 25.1 Å². The number of aromatic nitrogens is 2. The summed E-state index contributed by atoms with van der Waals surface area (Å²) >= 11 is 6.59. The Morgan fingerprint density at radius 1 is 1.21 bits per heavy atom. The lowest BCUT2D eigenvalue weighted by molar-refractivity contribution is 0.0695. The summed E-state index contributed by atoms with van der Waals surface area (Å²) < 4.78 is 11.6. The molecule has 2 heterocycles. The number of nitrogens with zero attached hydrogens (tertiary/aromatic N) is 2. The summed E-state index contributed by atoms with van der Waals surface area (Å²) in [6.07, 6.45) is 0. The van der Waals surface area contributed by atoms with Gasteiger partial charge in [-0.1, -0.05) is 23.7 Å². The lowest BCUT2D eigenvalue weighted by Gasteiger charge is -2.28. The van der Waals surface area contributed by atoms with Gasteiger partial charge in [0.15, 0.2) is 0 Å². The minimum atomic E-state index is -1.01. The minimum Gasteiger partial charge on any atom is -0.490 e. The Labute approximate surface area is 201 Å². The normalized spacial score (nSPS) is 12.6. The van der Waals surface area contributed by atoms with Crippen LogP contribution in [0.25, 0.3) is 22.2 Å². The van der Waals surface area contributed by atoms with E-state index in [2.05, 4.69) is 14.9 Å². The highest BCUT2D eigenvalue weighted by Gasteiger charge is 2.17. The number of imidazole rings is 1. The van der Waals surface area contributed by atoms with Crippen molar-refractivity contribution in [3.05, 3.63) is 64.7 Å². The Morgan fingerprint density at radius 3 is 2.82 bits per heavy atom. The SMILES string of the molecule is Cc1ccc(Oc2nc3cc(-c4ccc5c(c4)OCCN5C)c(Cl)cc3[nH]2)cc1C(=O)O.Cl. The van der Waals surface area contributed by atoms with Gasteiger partial charge in [-0.15, -0.1) is 12.4 Å². The van der Waals surface area contributed by atoms with E-state index in [1.165, 1.54) is 6.07 Å². The molecule has 0 unspecified atom stereocenters. The van der Waals surface area contributed by atoms with E-state index in [0.29, 0.717) is 34.0 Å². The minimum absolute atomic E-state index is 0. The van der Waals surface area contributed by atoms with Crippen LogP contribution in [0.1, 0.15) is 15.9 Å². The number of rotatable bonds is 4. The zero-order chi connectivity index (χ0) is 22.4. The van der Waals surface area contributed by atoms with E-state index >= 15 is 0 Å². The van der Waals surface area contributed by atoms with Crippen molar-refractivity contribution in [1.82, 2.24) is 9.97 Å². The van der Waals surface area contributed by atoms with Crippen molar-refractivity contribution in [2.75, 3.05) is 25.1 Å². The largest absolute Gasteiger partial charge is 0.490 e. The van der Waals surface area contributed by atoms with Crippen molar-refractivity contribution in [3.63, 3.8) is 0 Å². The molecule has 2 N–H and O–H groups in total. The highest BCUT2D eigenvalue weighted by Crippen LogP contribution is 2.38. The van der Waals surface area contributed by atoms with Crippen LogP contribution in [0.4, 0.5) is 5.69 Å². The Bertz CT molecular complexity index is 1370. The lowest BCUT2D eigenvalue weighted by Crippen LogP contribution is -2.28. The van der Waals surface area contributed by atoms with Gasteiger partial charge in [0.05, 0.1) is 33.9 Å². The predicted octanol–water partition coefficient (Wildman–Crippen LogP) is 5.93. The number of carboxylic acid groups (broad SMARTS) is 1. The molecular weight excluding hydrogens is 465 g/mol. The molecule has 0 radical (unpaired) electrons. The van der Waals surface area contributed by atoms with Gasteiger partial charge in [0, 0.05) is 12.6 Å². The second-order valence-electron chi connectivity index (χ2n) is 7.73. The van der Waals surface area contributed by atoms with E-state index in [1.807, 2.05) is 31.3 Å². The number of aromatic carboxylic acids is 1. The first kappa shape index (κ1) is 22.8. The summed E-state index contributed by atoms with van der Waals surface area (Å²) in [6, 6.07) is 14.9. The summed E-state index contributed by atoms with van der Waals surface area (Å²) in [4.78, 5) is 21.1. The Morgan fingerprint density at radius 2 is 2.03 bits per heavy atom. The molecule has 33 heavy (non-hydrogen) atoms. The van der Waals surface area contributed by atoms with Crippen LogP contribution in [0.5, 0.6) is 17.5 Å². The van der Waals surface area contributed by atoms with E-state index < -0.39 is 5.97 Å². The summed E-state index contributed by atoms with van der Waals surface area (Å²) in [5.41, 5.74) is 5.05. The van der Waals surface area contributed by atoms with Crippen molar-refractivity contribution in [2.24, 2.45) is 0 Å². The third-order valence-electron chi connectivity index (χ3n) is 5.57. The molecule has 1 aliphatic heterocycles. The first-order valence-corrected chi connectivity index (χ1v) is 10.5. The Hall–Kier alpha value is -3.42. The molecular formula is C24H21Cl2N3O4. The molecule has 4 aromatic rings. The summed E-state index contributed by atoms with van der Waals surface area (Å²) in [5, 5.41) is 9.89. The van der Waals surface area contributed by atoms with Crippen molar-refractivity contribution in [3.8, 4) is 28.6 Å². The number of hydrogen-bond acceptors (Lipinski definition) is 5. The highest BCUT2D eigenvalue weighted by atomic mass is 35.5. The van der Waals surface area contributed by atoms with E-state index in [-0.39, 0.29) is 24.0 Å². The molecule has 0 saturated heterocycles. The van der Waals surface area contributed by atoms with E-state index in [4.69, 9.17) is 21.1 Å². The van der Waals surface area contributed by atoms with Gasteiger partial charge < -0.3 is 24.5 Å². The van der Waals surface area contributed by atoms with Crippen LogP contribution in [-0.4, -0.2) is 41.2 Å². The van der Waals surface area contributed by atoms with Crippen LogP contribution in [0.3, 0.4) is 0 Å². The maximum Gasteiger partial charge on any atom is 0.336 e. The van der Waals surface area contributed by atoms with E-state index in [0.717, 1.165) is 29.1 Å². The van der Waals surface area contributed by atoms with Gasteiger partial charge in [-0.3, -0.25) is 0 Å².